The summed E-state index contributed by atoms with van der Waals surface area (Å²) in [6, 6.07) is -0.630. The summed E-state index contributed by atoms with van der Waals surface area (Å²) in [4.78, 5) is 12.9. The normalized spacial score (nSPS) is 39.4. The summed E-state index contributed by atoms with van der Waals surface area (Å²) in [6.07, 6.45) is 0.572. The van der Waals surface area contributed by atoms with Gasteiger partial charge in [-0.15, -0.1) is 0 Å². The Balaban J connectivity index is 2.10. The summed E-state index contributed by atoms with van der Waals surface area (Å²) >= 11 is 0. The van der Waals surface area contributed by atoms with Gasteiger partial charge >= 0.3 is 6.09 Å². The molecule has 15 heavy (non-hydrogen) atoms. The molecular formula is C10H17NO4. The molecule has 0 unspecified atom stereocenters. The van der Waals surface area contributed by atoms with Gasteiger partial charge in [0.2, 0.25) is 0 Å². The van der Waals surface area contributed by atoms with Crippen molar-refractivity contribution in [2.75, 3.05) is 6.61 Å². The number of carbonyl (C=O) groups is 1. The Morgan fingerprint density at radius 1 is 1.47 bits per heavy atom. The van der Waals surface area contributed by atoms with E-state index in [1.165, 1.54) is 4.90 Å². The number of amides is 1. The van der Waals surface area contributed by atoms with Crippen molar-refractivity contribution < 1.29 is 19.7 Å². The van der Waals surface area contributed by atoms with E-state index < -0.39 is 18.3 Å². The fraction of sp³-hybridized carbons (Fsp3) is 0.900. The first-order valence-corrected chi connectivity index (χ1v) is 5.48. The van der Waals surface area contributed by atoms with Crippen LogP contribution in [0.25, 0.3) is 0 Å². The summed E-state index contributed by atoms with van der Waals surface area (Å²) in [7, 11) is 0. The van der Waals surface area contributed by atoms with E-state index in [0.29, 0.717) is 0 Å². The third kappa shape index (κ3) is 1.59. The predicted octanol–water partition coefficient (Wildman–Crippen LogP) is 0.101. The molecule has 0 spiro atoms. The van der Waals surface area contributed by atoms with Crippen LogP contribution in [0.5, 0.6) is 0 Å². The van der Waals surface area contributed by atoms with Crippen LogP contribution in [0.3, 0.4) is 0 Å². The zero-order valence-corrected chi connectivity index (χ0v) is 8.80. The summed E-state index contributed by atoms with van der Waals surface area (Å²) in [5, 5.41) is 19.5. The summed E-state index contributed by atoms with van der Waals surface area (Å²) < 4.78 is 4.86. The van der Waals surface area contributed by atoms with Crippen LogP contribution in [0.1, 0.15) is 26.2 Å². The van der Waals surface area contributed by atoms with Crippen molar-refractivity contribution in [2.24, 2.45) is 0 Å². The Morgan fingerprint density at radius 2 is 2.20 bits per heavy atom. The second-order valence-electron chi connectivity index (χ2n) is 4.24. The molecule has 1 amide bonds. The van der Waals surface area contributed by atoms with Gasteiger partial charge in [0, 0.05) is 0 Å². The molecule has 5 nitrogen and oxygen atoms in total. The molecule has 2 N–H and O–H groups in total. The van der Waals surface area contributed by atoms with Crippen molar-refractivity contribution in [1.82, 2.24) is 4.90 Å². The molecule has 0 saturated carbocycles. The van der Waals surface area contributed by atoms with Crippen molar-refractivity contribution in [2.45, 2.75) is 50.5 Å². The Morgan fingerprint density at radius 3 is 2.87 bits per heavy atom. The summed E-state index contributed by atoms with van der Waals surface area (Å²) in [5.41, 5.74) is 0. The topological polar surface area (TPSA) is 70.0 Å². The van der Waals surface area contributed by atoms with Crippen LogP contribution < -0.4 is 0 Å². The molecule has 2 saturated heterocycles. The highest BCUT2D eigenvalue weighted by molar-refractivity contribution is 5.71. The number of ether oxygens (including phenoxy) is 1. The quantitative estimate of drug-likeness (QED) is 0.700. The molecule has 2 fully saturated rings. The summed E-state index contributed by atoms with van der Waals surface area (Å²) in [6.45, 7) is 2.25. The van der Waals surface area contributed by atoms with Crippen molar-refractivity contribution in [3.8, 4) is 0 Å². The molecule has 2 rings (SSSR count). The average molecular weight is 215 g/mol. The smallest absolute Gasteiger partial charge is 0.410 e. The lowest BCUT2D eigenvalue weighted by molar-refractivity contribution is 0.0169. The van der Waals surface area contributed by atoms with E-state index in [0.717, 1.165) is 19.3 Å². The monoisotopic (exact) mass is 215 g/mol. The number of unbranched alkanes of at least 4 members (excludes halogenated alkanes) is 1. The highest BCUT2D eigenvalue weighted by Gasteiger charge is 2.53. The standard InChI is InChI=1S/C10H17NO4/c1-2-3-4-6-8(12)9(13)7-5-15-10(14)11(6)7/h6-9,12-13H,2-5H2,1H3/t6-,7-,8-,9-/m0/s1. The highest BCUT2D eigenvalue weighted by Crippen LogP contribution is 2.32. The molecule has 0 aromatic rings. The van der Waals surface area contributed by atoms with Crippen LogP contribution in [0.2, 0.25) is 0 Å². The Labute approximate surface area is 88.6 Å². The van der Waals surface area contributed by atoms with E-state index in [9.17, 15) is 15.0 Å². The number of aliphatic hydroxyl groups is 2. The van der Waals surface area contributed by atoms with Crippen molar-refractivity contribution in [1.29, 1.82) is 0 Å². The van der Waals surface area contributed by atoms with Gasteiger partial charge in [-0.1, -0.05) is 19.8 Å². The molecule has 0 bridgehead atoms. The van der Waals surface area contributed by atoms with Gasteiger partial charge in [-0.05, 0) is 6.42 Å². The first-order chi connectivity index (χ1) is 7.16. The van der Waals surface area contributed by atoms with E-state index in [2.05, 4.69) is 6.92 Å². The van der Waals surface area contributed by atoms with Gasteiger partial charge in [0.1, 0.15) is 18.8 Å². The lowest BCUT2D eigenvalue weighted by atomic mass is 10.0. The maximum atomic E-state index is 11.4. The maximum absolute atomic E-state index is 11.4. The lowest BCUT2D eigenvalue weighted by Gasteiger charge is -2.22. The Hall–Kier alpha value is -0.810. The molecule has 0 aromatic carbocycles. The van der Waals surface area contributed by atoms with E-state index in [1.807, 2.05) is 0 Å². The number of fused-ring (bicyclic) bond motifs is 1. The van der Waals surface area contributed by atoms with Crippen molar-refractivity contribution >= 4 is 6.09 Å². The highest BCUT2D eigenvalue weighted by atomic mass is 16.6. The van der Waals surface area contributed by atoms with Gasteiger partial charge in [-0.2, -0.15) is 0 Å². The van der Waals surface area contributed by atoms with E-state index in [-0.39, 0.29) is 18.7 Å². The first-order valence-electron chi connectivity index (χ1n) is 5.48. The molecule has 5 heteroatoms. The minimum atomic E-state index is -0.863. The number of hydrogen-bond donors (Lipinski definition) is 2. The van der Waals surface area contributed by atoms with E-state index >= 15 is 0 Å². The lowest BCUT2D eigenvalue weighted by Crippen LogP contribution is -2.38. The third-order valence-corrected chi connectivity index (χ3v) is 3.29. The maximum Gasteiger partial charge on any atom is 0.410 e. The molecule has 2 aliphatic rings. The number of rotatable bonds is 3. The van der Waals surface area contributed by atoms with Crippen LogP contribution in [-0.4, -0.2) is 52.1 Å². The van der Waals surface area contributed by atoms with E-state index in [1.54, 1.807) is 0 Å². The molecule has 2 aliphatic heterocycles. The SMILES string of the molecule is CCCC[C@H]1[C@H](O)[C@@H](O)[C@@H]2COC(=O)N12. The number of aliphatic hydroxyl groups excluding tert-OH is 2. The fourth-order valence-corrected chi connectivity index (χ4v) is 2.43. The minimum Gasteiger partial charge on any atom is -0.447 e. The second kappa shape index (κ2) is 3.98. The first kappa shape index (κ1) is 10.7. The van der Waals surface area contributed by atoms with Crippen molar-refractivity contribution in [3.63, 3.8) is 0 Å². The van der Waals surface area contributed by atoms with E-state index in [4.69, 9.17) is 4.74 Å². The number of carbonyl (C=O) groups excluding carboxylic acids is 1. The zero-order valence-electron chi connectivity index (χ0n) is 8.80. The molecule has 86 valence electrons. The molecule has 0 aliphatic carbocycles. The van der Waals surface area contributed by atoms with Crippen molar-refractivity contribution in [3.05, 3.63) is 0 Å². The number of hydrogen-bond acceptors (Lipinski definition) is 4. The predicted molar refractivity (Wildman–Crippen MR) is 52.3 cm³/mol. The molecule has 2 heterocycles. The van der Waals surface area contributed by atoms with Crippen LogP contribution in [0, 0.1) is 0 Å². The van der Waals surface area contributed by atoms with Crippen LogP contribution in [0.4, 0.5) is 4.79 Å². The molecule has 4 atom stereocenters. The molecular weight excluding hydrogens is 198 g/mol. The second-order valence-corrected chi connectivity index (χ2v) is 4.24. The number of nitrogens with zero attached hydrogens (tertiary/aromatic N) is 1. The zero-order chi connectivity index (χ0) is 11.0. The Bertz CT molecular complexity index is 258. The largest absolute Gasteiger partial charge is 0.447 e. The number of cyclic esters (lactones) is 1. The average Bonchev–Trinajstić information content (AvgIpc) is 2.69. The Kier molecular flexibility index (Phi) is 2.84. The van der Waals surface area contributed by atoms with Crippen LogP contribution in [0.15, 0.2) is 0 Å². The summed E-state index contributed by atoms with van der Waals surface area (Å²) in [5.74, 6) is 0. The van der Waals surface area contributed by atoms with Gasteiger partial charge < -0.3 is 14.9 Å². The van der Waals surface area contributed by atoms with Gasteiger partial charge in [0.05, 0.1) is 12.1 Å². The van der Waals surface area contributed by atoms with Gasteiger partial charge in [0.15, 0.2) is 0 Å². The van der Waals surface area contributed by atoms with Crippen LogP contribution >= 0.6 is 0 Å². The molecule has 0 aromatic heterocycles. The van der Waals surface area contributed by atoms with Gasteiger partial charge in [0.25, 0.3) is 0 Å². The van der Waals surface area contributed by atoms with Gasteiger partial charge in [-0.25, -0.2) is 4.79 Å². The fourth-order valence-electron chi connectivity index (χ4n) is 2.43. The third-order valence-electron chi connectivity index (χ3n) is 3.29. The van der Waals surface area contributed by atoms with Gasteiger partial charge in [-0.3, -0.25) is 4.90 Å². The molecule has 0 radical (unpaired) electrons. The van der Waals surface area contributed by atoms with Crippen LogP contribution in [-0.2, 0) is 4.74 Å². The minimum absolute atomic E-state index is 0.194.